The van der Waals surface area contributed by atoms with Crippen LogP contribution in [-0.2, 0) is 16.0 Å². The molecule has 3 heterocycles. The van der Waals surface area contributed by atoms with Crippen LogP contribution < -0.4 is 10.6 Å². The van der Waals surface area contributed by atoms with Gasteiger partial charge in [0.2, 0.25) is 11.0 Å². The molecule has 0 unspecified atom stereocenters. The minimum Gasteiger partial charge on any atom is -0.459 e. The maximum atomic E-state index is 12.1. The molecule has 0 aliphatic carbocycles. The Morgan fingerprint density at radius 1 is 1.43 bits per heavy atom. The largest absolute Gasteiger partial charge is 0.459 e. The molecule has 0 saturated heterocycles. The van der Waals surface area contributed by atoms with Crippen molar-refractivity contribution in [2.75, 3.05) is 11.1 Å². The molecule has 0 atom stereocenters. The molecule has 0 bridgehead atoms. The molecule has 0 radical (unpaired) electrons. The first kappa shape index (κ1) is 19.6. The second-order valence-corrected chi connectivity index (χ2v) is 7.18. The van der Waals surface area contributed by atoms with Gasteiger partial charge in [-0.15, -0.1) is 10.2 Å². The summed E-state index contributed by atoms with van der Waals surface area (Å²) in [5.74, 6) is -2.53. The van der Waals surface area contributed by atoms with Gasteiger partial charge in [0.1, 0.15) is 5.01 Å². The lowest BCUT2D eigenvalue weighted by atomic mass is 10.3. The Morgan fingerprint density at radius 3 is 2.89 bits per heavy atom. The number of amidine groups is 2. The zero-order valence-electron chi connectivity index (χ0n) is 14.4. The van der Waals surface area contributed by atoms with Gasteiger partial charge in [0, 0.05) is 0 Å². The number of aryl methyl sites for hydroxylation is 1. The van der Waals surface area contributed by atoms with Crippen LogP contribution in [0.4, 0.5) is 5.13 Å². The number of anilines is 1. The normalized spacial score (nSPS) is 15.3. The van der Waals surface area contributed by atoms with Crippen LogP contribution in [-0.4, -0.2) is 50.4 Å². The molecule has 144 valence electrons. The first-order valence-corrected chi connectivity index (χ1v) is 9.67. The van der Waals surface area contributed by atoms with Gasteiger partial charge >= 0.3 is 5.91 Å². The van der Waals surface area contributed by atoms with E-state index in [9.17, 15) is 14.4 Å². The van der Waals surface area contributed by atoms with E-state index in [4.69, 9.17) is 9.83 Å². The Hall–Kier alpha value is -3.19. The van der Waals surface area contributed by atoms with Crippen molar-refractivity contribution in [1.29, 1.82) is 5.41 Å². The van der Waals surface area contributed by atoms with Crippen molar-refractivity contribution in [3.8, 4) is 0 Å². The van der Waals surface area contributed by atoms with E-state index in [1.165, 1.54) is 29.7 Å². The maximum absolute atomic E-state index is 12.1. The summed E-state index contributed by atoms with van der Waals surface area (Å²) in [6.45, 7) is 1.93. The van der Waals surface area contributed by atoms with E-state index in [1.807, 2.05) is 6.92 Å². The van der Waals surface area contributed by atoms with Gasteiger partial charge in [-0.2, -0.15) is 4.99 Å². The van der Waals surface area contributed by atoms with Gasteiger partial charge in [-0.25, -0.2) is 4.99 Å². The molecular formula is C15H13N7O4S2. The predicted octanol–water partition coefficient (Wildman–Crippen LogP) is 1.11. The highest BCUT2D eigenvalue weighted by Gasteiger charge is 2.26. The minimum absolute atomic E-state index is 0.0565. The number of rotatable bonds is 5. The highest BCUT2D eigenvalue weighted by molar-refractivity contribution is 8.14. The zero-order chi connectivity index (χ0) is 20.1. The number of furan rings is 1. The molecule has 11 nitrogen and oxygen atoms in total. The van der Waals surface area contributed by atoms with E-state index in [0.29, 0.717) is 5.13 Å². The molecule has 1 aliphatic heterocycles. The molecule has 28 heavy (non-hydrogen) atoms. The Kier molecular flexibility index (Phi) is 6.06. The molecule has 0 aromatic carbocycles. The van der Waals surface area contributed by atoms with Crippen LogP contribution in [0.15, 0.2) is 32.8 Å². The smallest absolute Gasteiger partial charge is 0.313 e. The Balaban J connectivity index is 1.58. The van der Waals surface area contributed by atoms with Gasteiger partial charge in [0.25, 0.3) is 5.91 Å². The lowest BCUT2D eigenvalue weighted by molar-refractivity contribution is -0.114. The fourth-order valence-electron chi connectivity index (χ4n) is 1.91. The molecular weight excluding hydrogens is 406 g/mol. The van der Waals surface area contributed by atoms with E-state index < -0.39 is 23.4 Å². The third kappa shape index (κ3) is 4.75. The van der Waals surface area contributed by atoms with Gasteiger partial charge in [-0.3, -0.25) is 30.4 Å². The monoisotopic (exact) mass is 419 g/mol. The van der Waals surface area contributed by atoms with Crippen molar-refractivity contribution in [2.24, 2.45) is 9.98 Å². The second-order valence-electron chi connectivity index (χ2n) is 5.15. The van der Waals surface area contributed by atoms with Crippen molar-refractivity contribution >= 4 is 62.7 Å². The summed E-state index contributed by atoms with van der Waals surface area (Å²) in [6.07, 6.45) is 2.02. The van der Waals surface area contributed by atoms with Crippen molar-refractivity contribution in [1.82, 2.24) is 15.5 Å². The van der Waals surface area contributed by atoms with Crippen LogP contribution in [0.2, 0.25) is 0 Å². The SMILES string of the molecule is CCc1nnc(NC(=O)CSC2=NC(=N)C(=NC(=O)c3ccco3)C(=O)N2)s1. The van der Waals surface area contributed by atoms with Crippen LogP contribution >= 0.6 is 23.1 Å². The molecule has 0 saturated carbocycles. The van der Waals surface area contributed by atoms with Crippen molar-refractivity contribution < 1.29 is 18.8 Å². The number of amides is 3. The lowest BCUT2D eigenvalue weighted by Crippen LogP contribution is -2.43. The van der Waals surface area contributed by atoms with Crippen molar-refractivity contribution in [3.05, 3.63) is 29.2 Å². The van der Waals surface area contributed by atoms with Gasteiger partial charge in [-0.05, 0) is 18.6 Å². The van der Waals surface area contributed by atoms with E-state index in [-0.39, 0.29) is 22.6 Å². The number of aliphatic imine (C=N–C) groups is 2. The van der Waals surface area contributed by atoms with E-state index in [0.717, 1.165) is 23.2 Å². The second kappa shape index (κ2) is 8.67. The Labute approximate surface area is 166 Å². The average molecular weight is 419 g/mol. The highest BCUT2D eigenvalue weighted by Crippen LogP contribution is 2.16. The molecule has 0 spiro atoms. The molecule has 3 N–H and O–H groups in total. The molecule has 3 rings (SSSR count). The third-order valence-corrected chi connectivity index (χ3v) is 5.03. The van der Waals surface area contributed by atoms with Gasteiger partial charge in [0.05, 0.1) is 12.0 Å². The number of nitrogens with zero attached hydrogens (tertiary/aromatic N) is 4. The van der Waals surface area contributed by atoms with Crippen LogP contribution in [0.3, 0.4) is 0 Å². The molecule has 2 aromatic heterocycles. The summed E-state index contributed by atoms with van der Waals surface area (Å²) in [5, 5.41) is 21.8. The molecule has 0 fully saturated rings. The van der Waals surface area contributed by atoms with Crippen LogP contribution in [0.5, 0.6) is 0 Å². The summed E-state index contributed by atoms with van der Waals surface area (Å²) in [4.78, 5) is 43.4. The summed E-state index contributed by atoms with van der Waals surface area (Å²) < 4.78 is 4.90. The summed E-state index contributed by atoms with van der Waals surface area (Å²) in [7, 11) is 0. The van der Waals surface area contributed by atoms with E-state index in [1.54, 1.807) is 0 Å². The molecule has 13 heteroatoms. The summed E-state index contributed by atoms with van der Waals surface area (Å²) in [6, 6.07) is 2.89. The van der Waals surface area contributed by atoms with Crippen LogP contribution in [0, 0.1) is 5.41 Å². The van der Waals surface area contributed by atoms with Gasteiger partial charge < -0.3 is 4.42 Å². The summed E-state index contributed by atoms with van der Waals surface area (Å²) >= 11 is 2.20. The Bertz CT molecular complexity index is 994. The fraction of sp³-hybridized carbons (Fsp3) is 0.200. The van der Waals surface area contributed by atoms with E-state index >= 15 is 0 Å². The predicted molar refractivity (Wildman–Crippen MR) is 104 cm³/mol. The molecule has 1 aliphatic rings. The first-order valence-electron chi connectivity index (χ1n) is 7.86. The first-order chi connectivity index (χ1) is 13.5. The third-order valence-electron chi connectivity index (χ3n) is 3.17. The number of carbonyl (C=O) groups is 3. The minimum atomic E-state index is -0.797. The number of aromatic nitrogens is 2. The quantitative estimate of drug-likeness (QED) is 0.653. The number of thioether (sulfide) groups is 1. The standard InChI is InChI=1S/C15H13N7O4S2/c1-2-9-21-22-15(28-9)17-8(23)6-27-14-19-11(16)10(13(25)20-14)18-12(24)7-4-3-5-26-7/h3-5H,2,6H2,1H3,(H,17,22,23)(H2,16,19,20,25). The number of nitrogens with one attached hydrogen (secondary N) is 3. The summed E-state index contributed by atoms with van der Waals surface area (Å²) in [5.41, 5.74) is -0.434. The maximum Gasteiger partial charge on any atom is 0.313 e. The topological polar surface area (TPSA) is 163 Å². The van der Waals surface area contributed by atoms with Crippen LogP contribution in [0.1, 0.15) is 22.5 Å². The zero-order valence-corrected chi connectivity index (χ0v) is 16.0. The molecule has 3 amide bonds. The number of carbonyl (C=O) groups excluding carboxylic acids is 3. The number of hydrogen-bond donors (Lipinski definition) is 3. The lowest BCUT2D eigenvalue weighted by Gasteiger charge is -2.14. The van der Waals surface area contributed by atoms with Gasteiger partial charge in [-0.1, -0.05) is 30.0 Å². The molecule has 2 aromatic rings. The highest BCUT2D eigenvalue weighted by atomic mass is 32.2. The van der Waals surface area contributed by atoms with Crippen molar-refractivity contribution in [2.45, 2.75) is 13.3 Å². The van der Waals surface area contributed by atoms with Gasteiger partial charge in [0.15, 0.2) is 22.5 Å². The Morgan fingerprint density at radius 2 is 2.25 bits per heavy atom. The van der Waals surface area contributed by atoms with Crippen molar-refractivity contribution in [3.63, 3.8) is 0 Å². The average Bonchev–Trinajstić information content (AvgIpc) is 3.34. The van der Waals surface area contributed by atoms with Crippen LogP contribution in [0.25, 0.3) is 0 Å². The van der Waals surface area contributed by atoms with E-state index in [2.05, 4.69) is 30.8 Å². The number of hydrogen-bond acceptors (Lipinski definition) is 9. The fourth-order valence-corrected chi connectivity index (χ4v) is 3.27.